The first-order valence-corrected chi connectivity index (χ1v) is 6.67. The van der Waals surface area contributed by atoms with E-state index in [2.05, 4.69) is 5.32 Å². The van der Waals surface area contributed by atoms with E-state index in [4.69, 9.17) is 5.73 Å². The van der Waals surface area contributed by atoms with Crippen LogP contribution in [-0.4, -0.2) is 42.9 Å². The lowest BCUT2D eigenvalue weighted by Gasteiger charge is -2.28. The highest BCUT2D eigenvalue weighted by molar-refractivity contribution is 6.24. The number of nitrogens with zero attached hydrogens (tertiary/aromatic N) is 1. The zero-order valence-electron chi connectivity index (χ0n) is 11.6. The van der Waals surface area contributed by atoms with Crippen LogP contribution in [0.5, 0.6) is 0 Å². The molecule has 0 atom stereocenters. The summed E-state index contributed by atoms with van der Waals surface area (Å²) in [5.74, 6) is -0.693. The number of hydrogen-bond donors (Lipinski definition) is 2. The van der Waals surface area contributed by atoms with Crippen LogP contribution in [0.3, 0.4) is 0 Å². The first kappa shape index (κ1) is 14.3. The summed E-state index contributed by atoms with van der Waals surface area (Å²) in [5.41, 5.74) is 6.85. The molecule has 1 saturated heterocycles. The van der Waals surface area contributed by atoms with Gasteiger partial charge in [0.2, 0.25) is 11.8 Å². The van der Waals surface area contributed by atoms with Gasteiger partial charge in [-0.2, -0.15) is 0 Å². The van der Waals surface area contributed by atoms with Crippen molar-refractivity contribution in [2.75, 3.05) is 26.2 Å². The van der Waals surface area contributed by atoms with Gasteiger partial charge in [-0.3, -0.25) is 9.59 Å². The molecule has 3 N–H and O–H groups in total. The highest BCUT2D eigenvalue weighted by atomic mass is 16.2. The van der Waals surface area contributed by atoms with Crippen LogP contribution in [0.15, 0.2) is 35.9 Å². The van der Waals surface area contributed by atoms with Crippen LogP contribution >= 0.6 is 0 Å². The van der Waals surface area contributed by atoms with E-state index in [1.807, 2.05) is 18.2 Å². The van der Waals surface area contributed by atoms with Crippen LogP contribution in [0.2, 0.25) is 0 Å². The minimum absolute atomic E-state index is 0.121. The second-order valence-corrected chi connectivity index (χ2v) is 4.77. The van der Waals surface area contributed by atoms with E-state index < -0.39 is 5.91 Å². The lowest BCUT2D eigenvalue weighted by molar-refractivity contribution is -0.127. The van der Waals surface area contributed by atoms with Crippen LogP contribution in [0.1, 0.15) is 12.5 Å². The number of benzene rings is 1. The molecule has 0 aromatic heterocycles. The Labute approximate surface area is 118 Å². The molecule has 5 heteroatoms. The second kappa shape index (κ2) is 6.34. The van der Waals surface area contributed by atoms with Crippen molar-refractivity contribution in [2.24, 2.45) is 5.73 Å². The molecule has 1 aliphatic heterocycles. The van der Waals surface area contributed by atoms with Gasteiger partial charge in [0.05, 0.1) is 5.57 Å². The van der Waals surface area contributed by atoms with Crippen molar-refractivity contribution in [1.82, 2.24) is 10.2 Å². The Morgan fingerprint density at radius 3 is 2.30 bits per heavy atom. The SMILES string of the molecule is CC(C(=O)N1CCNCC1)=C(C(N)=O)c1ccccc1. The molecule has 0 saturated carbocycles. The van der Waals surface area contributed by atoms with Crippen LogP contribution in [0.4, 0.5) is 0 Å². The highest BCUT2D eigenvalue weighted by Crippen LogP contribution is 2.20. The summed E-state index contributed by atoms with van der Waals surface area (Å²) in [5, 5.41) is 3.19. The monoisotopic (exact) mass is 273 g/mol. The minimum atomic E-state index is -0.572. The number of amides is 2. The minimum Gasteiger partial charge on any atom is -0.366 e. The summed E-state index contributed by atoms with van der Waals surface area (Å²) in [4.78, 5) is 25.9. The molecule has 2 amide bonds. The quantitative estimate of drug-likeness (QED) is 0.782. The fraction of sp³-hybridized carbons (Fsp3) is 0.333. The summed E-state index contributed by atoms with van der Waals surface area (Å²) in [7, 11) is 0. The van der Waals surface area contributed by atoms with E-state index in [1.54, 1.807) is 24.0 Å². The second-order valence-electron chi connectivity index (χ2n) is 4.77. The topological polar surface area (TPSA) is 75.4 Å². The van der Waals surface area contributed by atoms with Crippen molar-refractivity contribution in [3.63, 3.8) is 0 Å². The van der Waals surface area contributed by atoms with Crippen LogP contribution in [0, 0.1) is 0 Å². The number of carbonyl (C=O) groups excluding carboxylic acids is 2. The van der Waals surface area contributed by atoms with Crippen molar-refractivity contribution >= 4 is 17.4 Å². The van der Waals surface area contributed by atoms with Crippen LogP contribution < -0.4 is 11.1 Å². The molecule has 0 aliphatic carbocycles. The molecule has 1 aromatic rings. The van der Waals surface area contributed by atoms with E-state index in [-0.39, 0.29) is 5.91 Å². The Bertz CT molecular complexity index is 531. The molecular weight excluding hydrogens is 254 g/mol. The standard InChI is InChI=1S/C15H19N3O2/c1-11(15(20)18-9-7-17-8-10-18)13(14(16)19)12-5-3-2-4-6-12/h2-6,17H,7-10H2,1H3,(H2,16,19). The molecule has 0 radical (unpaired) electrons. The number of primary amides is 1. The van der Waals surface area contributed by atoms with Gasteiger partial charge in [-0.25, -0.2) is 0 Å². The van der Waals surface area contributed by atoms with Crippen molar-refractivity contribution in [1.29, 1.82) is 0 Å². The van der Waals surface area contributed by atoms with Gasteiger partial charge in [0, 0.05) is 31.8 Å². The lowest BCUT2D eigenvalue weighted by atomic mass is 9.99. The number of nitrogens with one attached hydrogen (secondary N) is 1. The summed E-state index contributed by atoms with van der Waals surface area (Å²) >= 11 is 0. The maximum Gasteiger partial charge on any atom is 0.250 e. The molecule has 20 heavy (non-hydrogen) atoms. The van der Waals surface area contributed by atoms with Crippen molar-refractivity contribution in [3.05, 3.63) is 41.5 Å². The van der Waals surface area contributed by atoms with Crippen molar-refractivity contribution in [3.8, 4) is 0 Å². The summed E-state index contributed by atoms with van der Waals surface area (Å²) in [6.45, 7) is 4.51. The zero-order chi connectivity index (χ0) is 14.5. The fourth-order valence-electron chi connectivity index (χ4n) is 2.36. The molecule has 5 nitrogen and oxygen atoms in total. The summed E-state index contributed by atoms with van der Waals surface area (Å²) in [6, 6.07) is 9.07. The molecule has 1 aromatic carbocycles. The maximum atomic E-state index is 12.4. The maximum absolute atomic E-state index is 12.4. The highest BCUT2D eigenvalue weighted by Gasteiger charge is 2.22. The van der Waals surface area contributed by atoms with Gasteiger partial charge in [-0.05, 0) is 12.5 Å². The molecule has 2 rings (SSSR count). The Morgan fingerprint density at radius 2 is 1.75 bits per heavy atom. The predicted molar refractivity (Wildman–Crippen MR) is 77.7 cm³/mol. The van der Waals surface area contributed by atoms with Crippen molar-refractivity contribution < 1.29 is 9.59 Å². The van der Waals surface area contributed by atoms with E-state index in [9.17, 15) is 9.59 Å². The third-order valence-electron chi connectivity index (χ3n) is 3.41. The normalized spacial score (nSPS) is 16.6. The van der Waals surface area contributed by atoms with E-state index in [0.29, 0.717) is 29.8 Å². The molecule has 1 fully saturated rings. The number of piperazine rings is 1. The number of nitrogens with two attached hydrogens (primary N) is 1. The van der Waals surface area contributed by atoms with Crippen molar-refractivity contribution in [2.45, 2.75) is 6.92 Å². The lowest BCUT2D eigenvalue weighted by Crippen LogP contribution is -2.47. The largest absolute Gasteiger partial charge is 0.366 e. The first-order chi connectivity index (χ1) is 9.61. The van der Waals surface area contributed by atoms with Gasteiger partial charge in [0.25, 0.3) is 0 Å². The van der Waals surface area contributed by atoms with Gasteiger partial charge >= 0.3 is 0 Å². The van der Waals surface area contributed by atoms with E-state index in [0.717, 1.165) is 13.1 Å². The van der Waals surface area contributed by atoms with Crippen LogP contribution in [0.25, 0.3) is 5.57 Å². The molecule has 0 bridgehead atoms. The average molecular weight is 273 g/mol. The third kappa shape index (κ3) is 3.05. The zero-order valence-corrected chi connectivity index (χ0v) is 11.6. The Kier molecular flexibility index (Phi) is 4.53. The Morgan fingerprint density at radius 1 is 1.15 bits per heavy atom. The van der Waals surface area contributed by atoms with E-state index in [1.165, 1.54) is 0 Å². The Balaban J connectivity index is 2.34. The fourth-order valence-corrected chi connectivity index (χ4v) is 2.36. The van der Waals surface area contributed by atoms with Gasteiger partial charge in [-0.1, -0.05) is 30.3 Å². The first-order valence-electron chi connectivity index (χ1n) is 6.67. The number of rotatable bonds is 3. The Hall–Kier alpha value is -2.14. The van der Waals surface area contributed by atoms with Gasteiger partial charge < -0.3 is 16.0 Å². The molecule has 1 heterocycles. The third-order valence-corrected chi connectivity index (χ3v) is 3.41. The molecule has 1 aliphatic rings. The summed E-state index contributed by atoms with van der Waals surface area (Å²) < 4.78 is 0. The molecule has 0 unspecified atom stereocenters. The van der Waals surface area contributed by atoms with E-state index >= 15 is 0 Å². The van der Waals surface area contributed by atoms with Gasteiger partial charge in [-0.15, -0.1) is 0 Å². The smallest absolute Gasteiger partial charge is 0.250 e. The summed E-state index contributed by atoms with van der Waals surface area (Å²) in [6.07, 6.45) is 0. The van der Waals surface area contributed by atoms with Crippen LogP contribution in [-0.2, 0) is 9.59 Å². The van der Waals surface area contributed by atoms with Gasteiger partial charge in [0.15, 0.2) is 0 Å². The van der Waals surface area contributed by atoms with Gasteiger partial charge in [0.1, 0.15) is 0 Å². The number of hydrogen-bond acceptors (Lipinski definition) is 3. The molecular formula is C15H19N3O2. The molecule has 0 spiro atoms. The predicted octanol–water partition coefficient (Wildman–Crippen LogP) is 0.377. The average Bonchev–Trinajstić information content (AvgIpc) is 2.48. The number of carbonyl (C=O) groups is 2. The molecule has 106 valence electrons.